The number of alkyl halides is 2. The van der Waals surface area contributed by atoms with Crippen molar-refractivity contribution in [1.82, 2.24) is 0 Å². The zero-order chi connectivity index (χ0) is 18.7. The molecule has 0 aliphatic heterocycles. The molecule has 3 rings (SSSR count). The van der Waals surface area contributed by atoms with E-state index in [1.54, 1.807) is 12.1 Å². The standard InChI is InChI=1S/C19H14ClF2NO3/c1-25-17-9-12-5-3-2-4-11(12)8-14(17)18(24)23-13-6-7-16(15(20)10-13)26-19(21)22/h2-10,19H,1H3,(H,23,24). The van der Waals surface area contributed by atoms with Crippen LogP contribution in [0.25, 0.3) is 10.8 Å². The van der Waals surface area contributed by atoms with Gasteiger partial charge in [-0.2, -0.15) is 8.78 Å². The Kier molecular flexibility index (Phi) is 5.23. The maximum absolute atomic E-state index is 12.6. The summed E-state index contributed by atoms with van der Waals surface area (Å²) in [4.78, 5) is 12.6. The molecule has 26 heavy (non-hydrogen) atoms. The van der Waals surface area contributed by atoms with E-state index >= 15 is 0 Å². The van der Waals surface area contributed by atoms with E-state index in [4.69, 9.17) is 16.3 Å². The fraction of sp³-hybridized carbons (Fsp3) is 0.105. The third kappa shape index (κ3) is 3.86. The lowest BCUT2D eigenvalue weighted by Crippen LogP contribution is -2.13. The zero-order valence-electron chi connectivity index (χ0n) is 13.6. The van der Waals surface area contributed by atoms with Crippen molar-refractivity contribution in [2.75, 3.05) is 12.4 Å². The van der Waals surface area contributed by atoms with E-state index in [0.717, 1.165) is 10.8 Å². The second kappa shape index (κ2) is 7.58. The minimum Gasteiger partial charge on any atom is -0.496 e. The molecule has 0 unspecified atom stereocenters. The fourth-order valence-corrected chi connectivity index (χ4v) is 2.76. The van der Waals surface area contributed by atoms with Gasteiger partial charge in [0.2, 0.25) is 0 Å². The lowest BCUT2D eigenvalue weighted by molar-refractivity contribution is -0.0497. The molecule has 0 saturated carbocycles. The third-order valence-corrected chi connectivity index (χ3v) is 4.01. The average Bonchev–Trinajstić information content (AvgIpc) is 2.62. The number of carbonyl (C=O) groups excluding carboxylic acids is 1. The van der Waals surface area contributed by atoms with Gasteiger partial charge < -0.3 is 14.8 Å². The van der Waals surface area contributed by atoms with Crippen LogP contribution in [0.15, 0.2) is 54.6 Å². The van der Waals surface area contributed by atoms with E-state index < -0.39 is 12.5 Å². The van der Waals surface area contributed by atoms with Gasteiger partial charge in [0.15, 0.2) is 0 Å². The number of carbonyl (C=O) groups is 1. The molecular formula is C19H14ClF2NO3. The van der Waals surface area contributed by atoms with Crippen LogP contribution in [-0.2, 0) is 0 Å². The van der Waals surface area contributed by atoms with Crippen molar-refractivity contribution in [3.8, 4) is 11.5 Å². The van der Waals surface area contributed by atoms with Crippen molar-refractivity contribution in [3.05, 3.63) is 65.2 Å². The van der Waals surface area contributed by atoms with Crippen molar-refractivity contribution in [2.45, 2.75) is 6.61 Å². The molecule has 134 valence electrons. The quantitative estimate of drug-likeness (QED) is 0.651. The maximum atomic E-state index is 12.6. The monoisotopic (exact) mass is 377 g/mol. The van der Waals surface area contributed by atoms with Gasteiger partial charge in [0.05, 0.1) is 17.7 Å². The molecule has 0 heterocycles. The maximum Gasteiger partial charge on any atom is 0.387 e. The highest BCUT2D eigenvalue weighted by Crippen LogP contribution is 2.30. The average molecular weight is 378 g/mol. The Hall–Kier alpha value is -2.86. The topological polar surface area (TPSA) is 47.6 Å². The van der Waals surface area contributed by atoms with Crippen molar-refractivity contribution in [1.29, 1.82) is 0 Å². The number of anilines is 1. The summed E-state index contributed by atoms with van der Waals surface area (Å²) in [5.74, 6) is -0.154. The minimum atomic E-state index is -2.98. The van der Waals surface area contributed by atoms with Crippen LogP contribution in [0, 0.1) is 0 Å². The lowest BCUT2D eigenvalue weighted by atomic mass is 10.1. The SMILES string of the molecule is COc1cc2ccccc2cc1C(=O)Nc1ccc(OC(F)F)c(Cl)c1. The van der Waals surface area contributed by atoms with E-state index in [1.807, 2.05) is 24.3 Å². The molecule has 1 amide bonds. The van der Waals surface area contributed by atoms with Crippen LogP contribution < -0.4 is 14.8 Å². The summed E-state index contributed by atoms with van der Waals surface area (Å²) in [5, 5.41) is 4.47. The normalized spacial score (nSPS) is 10.8. The van der Waals surface area contributed by atoms with Crippen LogP contribution in [0.4, 0.5) is 14.5 Å². The Morgan fingerprint density at radius 3 is 2.35 bits per heavy atom. The number of fused-ring (bicyclic) bond motifs is 1. The summed E-state index contributed by atoms with van der Waals surface area (Å²) in [7, 11) is 1.48. The molecule has 7 heteroatoms. The molecule has 1 N–H and O–H groups in total. The van der Waals surface area contributed by atoms with Crippen molar-refractivity contribution >= 4 is 34.0 Å². The number of halogens is 3. The number of hydrogen-bond acceptors (Lipinski definition) is 3. The Labute approximate surface area is 153 Å². The van der Waals surface area contributed by atoms with Gasteiger partial charge in [-0.25, -0.2) is 0 Å². The van der Waals surface area contributed by atoms with Crippen LogP contribution >= 0.6 is 11.6 Å². The number of hydrogen-bond donors (Lipinski definition) is 1. The Morgan fingerprint density at radius 2 is 1.73 bits per heavy atom. The van der Waals surface area contributed by atoms with Gasteiger partial charge in [0.25, 0.3) is 5.91 Å². The second-order valence-corrected chi connectivity index (χ2v) is 5.78. The van der Waals surface area contributed by atoms with Crippen molar-refractivity contribution in [3.63, 3.8) is 0 Å². The molecule has 3 aromatic carbocycles. The molecule has 0 aliphatic rings. The predicted molar refractivity (Wildman–Crippen MR) is 96.5 cm³/mol. The summed E-state index contributed by atoms with van der Waals surface area (Å²) in [6.07, 6.45) is 0. The minimum absolute atomic E-state index is 0.0337. The molecule has 0 spiro atoms. The zero-order valence-corrected chi connectivity index (χ0v) is 14.4. The molecule has 0 radical (unpaired) electrons. The molecule has 3 aromatic rings. The van der Waals surface area contributed by atoms with E-state index in [1.165, 1.54) is 25.3 Å². The first-order valence-corrected chi connectivity index (χ1v) is 7.98. The molecule has 0 saturated heterocycles. The Bertz CT molecular complexity index is 963. The predicted octanol–water partition coefficient (Wildman–Crippen LogP) is 5.36. The molecule has 0 fully saturated rings. The summed E-state index contributed by atoms with van der Waals surface area (Å²) in [5.41, 5.74) is 0.687. The largest absolute Gasteiger partial charge is 0.496 e. The van der Waals surface area contributed by atoms with Crippen molar-refractivity contribution < 1.29 is 23.0 Å². The van der Waals surface area contributed by atoms with E-state index in [-0.39, 0.29) is 10.8 Å². The molecule has 0 bridgehead atoms. The van der Waals surface area contributed by atoms with E-state index in [2.05, 4.69) is 10.1 Å². The van der Waals surface area contributed by atoms with Crippen molar-refractivity contribution in [2.24, 2.45) is 0 Å². The lowest BCUT2D eigenvalue weighted by Gasteiger charge is -2.12. The smallest absolute Gasteiger partial charge is 0.387 e. The van der Waals surface area contributed by atoms with Gasteiger partial charge in [-0.15, -0.1) is 0 Å². The summed E-state index contributed by atoms with van der Waals surface area (Å²) < 4.78 is 34.1. The van der Waals surface area contributed by atoms with Gasteiger partial charge >= 0.3 is 6.61 Å². The molecule has 0 aliphatic carbocycles. The molecule has 4 nitrogen and oxygen atoms in total. The van der Waals surface area contributed by atoms with Crippen LogP contribution in [0.2, 0.25) is 5.02 Å². The highest BCUT2D eigenvalue weighted by atomic mass is 35.5. The van der Waals surface area contributed by atoms with Crippen LogP contribution in [0.1, 0.15) is 10.4 Å². The van der Waals surface area contributed by atoms with Crippen LogP contribution in [0.3, 0.4) is 0 Å². The summed E-state index contributed by atoms with van der Waals surface area (Å²) in [6.45, 7) is -2.98. The van der Waals surface area contributed by atoms with Crippen LogP contribution in [-0.4, -0.2) is 19.6 Å². The van der Waals surface area contributed by atoms with Crippen LogP contribution in [0.5, 0.6) is 11.5 Å². The fourth-order valence-electron chi connectivity index (χ4n) is 2.53. The number of methoxy groups -OCH3 is 1. The number of benzene rings is 3. The van der Waals surface area contributed by atoms with E-state index in [0.29, 0.717) is 17.0 Å². The Morgan fingerprint density at radius 1 is 1.04 bits per heavy atom. The molecular weight excluding hydrogens is 364 g/mol. The number of rotatable bonds is 5. The number of amides is 1. The summed E-state index contributed by atoms with van der Waals surface area (Å²) in [6, 6.07) is 15.1. The number of ether oxygens (including phenoxy) is 2. The first-order valence-electron chi connectivity index (χ1n) is 7.60. The second-order valence-electron chi connectivity index (χ2n) is 5.38. The molecule has 0 aromatic heterocycles. The van der Waals surface area contributed by atoms with Gasteiger partial charge in [-0.1, -0.05) is 35.9 Å². The number of nitrogens with one attached hydrogen (secondary N) is 1. The van der Waals surface area contributed by atoms with Gasteiger partial charge in [0, 0.05) is 5.69 Å². The van der Waals surface area contributed by atoms with Gasteiger partial charge in [-0.3, -0.25) is 4.79 Å². The third-order valence-electron chi connectivity index (χ3n) is 3.72. The highest BCUT2D eigenvalue weighted by molar-refractivity contribution is 6.32. The first-order chi connectivity index (χ1) is 12.5. The Balaban J connectivity index is 1.88. The first kappa shape index (κ1) is 17.9. The molecule has 0 atom stereocenters. The van der Waals surface area contributed by atoms with E-state index in [9.17, 15) is 13.6 Å². The highest BCUT2D eigenvalue weighted by Gasteiger charge is 2.15. The van der Waals surface area contributed by atoms with Gasteiger partial charge in [-0.05, 0) is 41.1 Å². The van der Waals surface area contributed by atoms with Gasteiger partial charge in [0.1, 0.15) is 11.5 Å². The summed E-state index contributed by atoms with van der Waals surface area (Å²) >= 11 is 5.91.